The Morgan fingerprint density at radius 1 is 1.04 bits per heavy atom. The second kappa shape index (κ2) is 7.08. The van der Waals surface area contributed by atoms with E-state index in [0.29, 0.717) is 18.7 Å². The first-order valence-corrected chi connectivity index (χ1v) is 9.46. The largest absolute Gasteiger partial charge is 0.383 e. The van der Waals surface area contributed by atoms with Gasteiger partial charge in [0.15, 0.2) is 0 Å². The molecule has 3 nitrogen and oxygen atoms in total. The molecule has 0 aliphatic carbocycles. The Balaban J connectivity index is 1.71. The SMILES string of the molecule is COC[C@@H](c1ccccc1)N1[C@H](c2nc(C)cs2)[C@@H]1c1ccccc1. The molecule has 25 heavy (non-hydrogen) atoms. The summed E-state index contributed by atoms with van der Waals surface area (Å²) in [5.74, 6) is 0. The Labute approximate surface area is 152 Å². The lowest BCUT2D eigenvalue weighted by Crippen LogP contribution is -2.16. The van der Waals surface area contributed by atoms with Gasteiger partial charge in [-0.05, 0) is 18.1 Å². The number of aromatic nitrogens is 1. The van der Waals surface area contributed by atoms with Gasteiger partial charge in [0, 0.05) is 18.2 Å². The maximum atomic E-state index is 5.57. The van der Waals surface area contributed by atoms with Gasteiger partial charge in [-0.25, -0.2) is 4.98 Å². The van der Waals surface area contributed by atoms with Crippen molar-refractivity contribution >= 4 is 11.3 Å². The second-order valence-corrected chi connectivity index (χ2v) is 7.35. The molecular formula is C21H22N2OS. The number of thiazole rings is 1. The van der Waals surface area contributed by atoms with Gasteiger partial charge in [-0.15, -0.1) is 11.3 Å². The summed E-state index contributed by atoms with van der Waals surface area (Å²) in [6, 6.07) is 22.3. The minimum Gasteiger partial charge on any atom is -0.383 e. The van der Waals surface area contributed by atoms with Crippen LogP contribution in [0.5, 0.6) is 0 Å². The van der Waals surface area contributed by atoms with Gasteiger partial charge in [0.1, 0.15) is 5.01 Å². The Morgan fingerprint density at radius 2 is 1.72 bits per heavy atom. The second-order valence-electron chi connectivity index (χ2n) is 6.46. The van der Waals surface area contributed by atoms with Crippen molar-refractivity contribution < 1.29 is 4.74 Å². The van der Waals surface area contributed by atoms with Crippen molar-refractivity contribution in [1.29, 1.82) is 0 Å². The minimum absolute atomic E-state index is 0.227. The summed E-state index contributed by atoms with van der Waals surface area (Å²) >= 11 is 1.76. The Kier molecular flexibility index (Phi) is 4.66. The van der Waals surface area contributed by atoms with Crippen LogP contribution in [0.2, 0.25) is 0 Å². The quantitative estimate of drug-likeness (QED) is 0.589. The lowest BCUT2D eigenvalue weighted by Gasteiger charge is -2.19. The molecule has 1 unspecified atom stereocenters. The molecule has 1 aliphatic heterocycles. The van der Waals surface area contributed by atoms with Gasteiger partial charge in [0.05, 0.1) is 24.7 Å². The van der Waals surface area contributed by atoms with Gasteiger partial charge < -0.3 is 4.74 Å². The zero-order valence-electron chi connectivity index (χ0n) is 14.5. The number of ether oxygens (including phenoxy) is 1. The van der Waals surface area contributed by atoms with Crippen LogP contribution in [-0.4, -0.2) is 23.6 Å². The molecule has 0 N–H and O–H groups in total. The summed E-state index contributed by atoms with van der Waals surface area (Å²) in [7, 11) is 1.78. The fourth-order valence-electron chi connectivity index (χ4n) is 3.60. The molecule has 2 aromatic carbocycles. The highest BCUT2D eigenvalue weighted by molar-refractivity contribution is 7.09. The van der Waals surface area contributed by atoms with Crippen molar-refractivity contribution in [1.82, 2.24) is 9.88 Å². The molecule has 1 aliphatic rings. The van der Waals surface area contributed by atoms with Crippen LogP contribution in [-0.2, 0) is 4.74 Å². The predicted molar refractivity (Wildman–Crippen MR) is 102 cm³/mol. The smallest absolute Gasteiger partial charge is 0.112 e. The molecule has 128 valence electrons. The summed E-state index contributed by atoms with van der Waals surface area (Å²) in [6.07, 6.45) is 0. The monoisotopic (exact) mass is 350 g/mol. The van der Waals surface area contributed by atoms with E-state index in [9.17, 15) is 0 Å². The average Bonchev–Trinajstić information content (AvgIpc) is 3.25. The first-order chi connectivity index (χ1) is 12.3. The summed E-state index contributed by atoms with van der Waals surface area (Å²) in [5.41, 5.74) is 3.74. The number of rotatable bonds is 6. The van der Waals surface area contributed by atoms with Crippen LogP contribution in [0.4, 0.5) is 0 Å². The van der Waals surface area contributed by atoms with Crippen LogP contribution >= 0.6 is 11.3 Å². The zero-order chi connectivity index (χ0) is 17.2. The van der Waals surface area contributed by atoms with E-state index >= 15 is 0 Å². The van der Waals surface area contributed by atoms with Crippen molar-refractivity contribution in [3.63, 3.8) is 0 Å². The summed E-state index contributed by atoms with van der Waals surface area (Å²) in [6.45, 7) is 2.74. The molecule has 0 radical (unpaired) electrons. The van der Waals surface area contributed by atoms with Crippen molar-refractivity contribution in [2.45, 2.75) is 25.0 Å². The molecule has 4 heteroatoms. The maximum Gasteiger partial charge on any atom is 0.112 e. The van der Waals surface area contributed by atoms with Gasteiger partial charge >= 0.3 is 0 Å². The van der Waals surface area contributed by atoms with Gasteiger partial charge in [-0.1, -0.05) is 60.7 Å². The van der Waals surface area contributed by atoms with Crippen LogP contribution in [0.25, 0.3) is 0 Å². The van der Waals surface area contributed by atoms with Crippen LogP contribution < -0.4 is 0 Å². The molecule has 1 aromatic heterocycles. The number of nitrogens with zero attached hydrogens (tertiary/aromatic N) is 2. The fourth-order valence-corrected chi connectivity index (χ4v) is 4.53. The molecule has 1 saturated heterocycles. The number of hydrogen-bond donors (Lipinski definition) is 0. The summed E-state index contributed by atoms with van der Waals surface area (Å²) in [4.78, 5) is 7.31. The number of aryl methyl sites for hydroxylation is 1. The first-order valence-electron chi connectivity index (χ1n) is 8.58. The van der Waals surface area contributed by atoms with Gasteiger partial charge in [0.2, 0.25) is 0 Å². The van der Waals surface area contributed by atoms with Crippen molar-refractivity contribution in [3.05, 3.63) is 87.9 Å². The van der Waals surface area contributed by atoms with E-state index in [-0.39, 0.29) is 6.04 Å². The Morgan fingerprint density at radius 3 is 2.32 bits per heavy atom. The third kappa shape index (κ3) is 3.25. The van der Waals surface area contributed by atoms with E-state index < -0.39 is 0 Å². The van der Waals surface area contributed by atoms with Crippen LogP contribution in [0.15, 0.2) is 66.0 Å². The topological polar surface area (TPSA) is 25.1 Å². The van der Waals surface area contributed by atoms with E-state index in [0.717, 1.165) is 5.69 Å². The highest BCUT2D eigenvalue weighted by Crippen LogP contribution is 2.59. The van der Waals surface area contributed by atoms with Crippen molar-refractivity contribution in [2.24, 2.45) is 0 Å². The zero-order valence-corrected chi connectivity index (χ0v) is 15.3. The first kappa shape index (κ1) is 16.5. The molecule has 0 saturated carbocycles. The third-order valence-electron chi connectivity index (χ3n) is 4.75. The summed E-state index contributed by atoms with van der Waals surface area (Å²) < 4.78 is 5.57. The lowest BCUT2D eigenvalue weighted by atomic mass is 10.1. The molecule has 0 spiro atoms. The molecule has 1 fully saturated rings. The van der Waals surface area contributed by atoms with Crippen LogP contribution in [0.3, 0.4) is 0 Å². The van der Waals surface area contributed by atoms with Gasteiger partial charge in [-0.3, -0.25) is 4.90 Å². The Bertz CT molecular complexity index is 818. The van der Waals surface area contributed by atoms with Gasteiger partial charge in [-0.2, -0.15) is 0 Å². The highest BCUT2D eigenvalue weighted by Gasteiger charge is 2.54. The number of benzene rings is 2. The molecule has 4 rings (SSSR count). The van der Waals surface area contributed by atoms with Gasteiger partial charge in [0.25, 0.3) is 0 Å². The van der Waals surface area contributed by atoms with Crippen molar-refractivity contribution in [2.75, 3.05) is 13.7 Å². The molecule has 4 atom stereocenters. The number of methoxy groups -OCH3 is 1. The molecule has 0 bridgehead atoms. The van der Waals surface area contributed by atoms with E-state index in [2.05, 4.69) is 77.9 Å². The predicted octanol–water partition coefficient (Wildman–Crippen LogP) is 4.94. The van der Waals surface area contributed by atoms with Crippen LogP contribution in [0, 0.1) is 6.92 Å². The highest BCUT2D eigenvalue weighted by atomic mass is 32.1. The molecule has 0 amide bonds. The molecular weight excluding hydrogens is 328 g/mol. The van der Waals surface area contributed by atoms with E-state index in [1.165, 1.54) is 16.1 Å². The standard InChI is InChI=1S/C21H22N2OS/c1-15-14-25-21(22-15)20-19(17-11-7-4-8-12-17)23(20)18(13-24-2)16-9-5-3-6-10-16/h3-12,14,18-20H,13H2,1-2H3/t18-,19-,20-,23?/m0/s1. The fraction of sp³-hybridized carbons (Fsp3) is 0.286. The van der Waals surface area contributed by atoms with E-state index in [1.54, 1.807) is 18.4 Å². The van der Waals surface area contributed by atoms with E-state index in [4.69, 9.17) is 9.72 Å². The van der Waals surface area contributed by atoms with Crippen LogP contribution in [0.1, 0.15) is 40.0 Å². The van der Waals surface area contributed by atoms with Crippen molar-refractivity contribution in [3.8, 4) is 0 Å². The Hall–Kier alpha value is -2.01. The van der Waals surface area contributed by atoms with E-state index in [1.807, 2.05) is 0 Å². The maximum absolute atomic E-state index is 5.57. The molecule has 2 heterocycles. The summed E-state index contributed by atoms with van der Waals surface area (Å²) in [5, 5.41) is 3.34. The lowest BCUT2D eigenvalue weighted by molar-refractivity contribution is 0.135. The molecule has 3 aromatic rings. The average molecular weight is 350 g/mol. The normalized spacial score (nSPS) is 23.4. The third-order valence-corrected chi connectivity index (χ3v) is 5.78. The number of hydrogen-bond acceptors (Lipinski definition) is 4. The minimum atomic E-state index is 0.227.